The van der Waals surface area contributed by atoms with Crippen LogP contribution in [-0.2, 0) is 5.41 Å². The van der Waals surface area contributed by atoms with E-state index in [-0.39, 0.29) is 11.5 Å². The van der Waals surface area contributed by atoms with Gasteiger partial charge in [0.2, 0.25) is 0 Å². The molecule has 0 aliphatic heterocycles. The quantitative estimate of drug-likeness (QED) is 0.772. The zero-order valence-corrected chi connectivity index (χ0v) is 9.74. The average molecular weight is 197 g/mol. The molecule has 1 aromatic heterocycles. The molecule has 0 radical (unpaired) electrons. The van der Waals surface area contributed by atoms with E-state index in [1.165, 1.54) is 9.75 Å². The molecule has 1 nitrogen and oxygen atoms in total. The SMILES string of the molecule is CCC(N)c1ccc(C(C)(C)C)s1. The van der Waals surface area contributed by atoms with Crippen LogP contribution in [0.2, 0.25) is 0 Å². The molecule has 0 spiro atoms. The largest absolute Gasteiger partial charge is 0.323 e. The Balaban J connectivity index is 2.87. The van der Waals surface area contributed by atoms with Gasteiger partial charge in [0.1, 0.15) is 0 Å². The Bertz CT molecular complexity index is 270. The maximum Gasteiger partial charge on any atom is 0.0387 e. The summed E-state index contributed by atoms with van der Waals surface area (Å²) < 4.78 is 0. The highest BCUT2D eigenvalue weighted by molar-refractivity contribution is 7.12. The average Bonchev–Trinajstić information content (AvgIpc) is 2.50. The molecule has 1 atom stereocenters. The van der Waals surface area contributed by atoms with E-state index in [0.29, 0.717) is 0 Å². The molecule has 0 fully saturated rings. The molecule has 2 N–H and O–H groups in total. The Morgan fingerprint density at radius 3 is 2.38 bits per heavy atom. The minimum atomic E-state index is 0.223. The predicted octanol–water partition coefficient (Wildman–Crippen LogP) is 3.46. The van der Waals surface area contributed by atoms with E-state index in [0.717, 1.165) is 6.42 Å². The van der Waals surface area contributed by atoms with Crippen molar-refractivity contribution in [2.75, 3.05) is 0 Å². The second kappa shape index (κ2) is 3.81. The van der Waals surface area contributed by atoms with Crippen molar-refractivity contribution < 1.29 is 0 Å². The number of hydrogen-bond acceptors (Lipinski definition) is 2. The zero-order valence-electron chi connectivity index (χ0n) is 8.92. The fourth-order valence-electron chi connectivity index (χ4n) is 1.16. The molecular formula is C11H19NS. The molecule has 74 valence electrons. The summed E-state index contributed by atoms with van der Waals surface area (Å²) in [6.45, 7) is 8.83. The highest BCUT2D eigenvalue weighted by atomic mass is 32.1. The van der Waals surface area contributed by atoms with Crippen LogP contribution < -0.4 is 5.73 Å². The standard InChI is InChI=1S/C11H19NS/c1-5-8(12)9-6-7-10(13-9)11(2,3)4/h6-8H,5,12H2,1-4H3. The van der Waals surface area contributed by atoms with Crippen LogP contribution in [0.15, 0.2) is 12.1 Å². The summed E-state index contributed by atoms with van der Waals surface area (Å²) in [6.07, 6.45) is 1.02. The first-order chi connectivity index (χ1) is 5.95. The monoisotopic (exact) mass is 197 g/mol. The molecule has 0 aliphatic rings. The van der Waals surface area contributed by atoms with Gasteiger partial charge in [0, 0.05) is 15.8 Å². The number of thiophene rings is 1. The molecule has 1 heterocycles. The van der Waals surface area contributed by atoms with E-state index < -0.39 is 0 Å². The van der Waals surface area contributed by atoms with Crippen molar-refractivity contribution in [1.82, 2.24) is 0 Å². The van der Waals surface area contributed by atoms with Crippen molar-refractivity contribution in [1.29, 1.82) is 0 Å². The van der Waals surface area contributed by atoms with E-state index in [2.05, 4.69) is 39.8 Å². The van der Waals surface area contributed by atoms with Crippen LogP contribution in [-0.4, -0.2) is 0 Å². The van der Waals surface area contributed by atoms with E-state index >= 15 is 0 Å². The zero-order chi connectivity index (χ0) is 10.1. The number of hydrogen-bond donors (Lipinski definition) is 1. The molecule has 13 heavy (non-hydrogen) atoms. The van der Waals surface area contributed by atoms with Crippen molar-refractivity contribution in [3.8, 4) is 0 Å². The minimum absolute atomic E-state index is 0.223. The molecule has 0 saturated carbocycles. The summed E-state index contributed by atoms with van der Waals surface area (Å²) in [5.74, 6) is 0. The Morgan fingerprint density at radius 2 is 2.00 bits per heavy atom. The van der Waals surface area contributed by atoms with Crippen LogP contribution in [0.1, 0.15) is 49.9 Å². The van der Waals surface area contributed by atoms with Crippen LogP contribution in [0.5, 0.6) is 0 Å². The lowest BCUT2D eigenvalue weighted by molar-refractivity contribution is 0.604. The Labute approximate surface area is 85.0 Å². The molecular weight excluding hydrogens is 178 g/mol. The molecule has 1 unspecified atom stereocenters. The van der Waals surface area contributed by atoms with Gasteiger partial charge in [-0.25, -0.2) is 0 Å². The number of nitrogens with two attached hydrogens (primary N) is 1. The predicted molar refractivity (Wildman–Crippen MR) is 60.2 cm³/mol. The van der Waals surface area contributed by atoms with Crippen LogP contribution in [0.4, 0.5) is 0 Å². The van der Waals surface area contributed by atoms with Crippen molar-refractivity contribution in [3.63, 3.8) is 0 Å². The molecule has 1 aromatic rings. The Morgan fingerprint density at radius 1 is 1.38 bits per heavy atom. The van der Waals surface area contributed by atoms with Crippen LogP contribution in [0.3, 0.4) is 0 Å². The Kier molecular flexibility index (Phi) is 3.14. The first kappa shape index (κ1) is 10.7. The van der Waals surface area contributed by atoms with Crippen LogP contribution in [0.25, 0.3) is 0 Å². The molecule has 2 heteroatoms. The smallest absolute Gasteiger partial charge is 0.0387 e. The lowest BCUT2D eigenvalue weighted by Gasteiger charge is -2.15. The van der Waals surface area contributed by atoms with Gasteiger partial charge in [-0.1, -0.05) is 27.7 Å². The van der Waals surface area contributed by atoms with E-state index in [4.69, 9.17) is 5.73 Å². The van der Waals surface area contributed by atoms with Crippen molar-refractivity contribution in [2.24, 2.45) is 5.73 Å². The maximum atomic E-state index is 5.96. The Hall–Kier alpha value is -0.340. The summed E-state index contributed by atoms with van der Waals surface area (Å²) in [4.78, 5) is 2.74. The summed E-state index contributed by atoms with van der Waals surface area (Å²) in [5, 5.41) is 0. The fourth-order valence-corrected chi connectivity index (χ4v) is 2.31. The summed E-state index contributed by atoms with van der Waals surface area (Å²) in [7, 11) is 0. The molecule has 0 saturated heterocycles. The highest BCUT2D eigenvalue weighted by Crippen LogP contribution is 2.32. The molecule has 0 aromatic carbocycles. The molecule has 0 amide bonds. The maximum absolute atomic E-state index is 5.96. The van der Waals surface area contributed by atoms with Gasteiger partial charge in [-0.05, 0) is 24.0 Å². The third-order valence-corrected chi connectivity index (χ3v) is 3.81. The normalized spacial score (nSPS) is 14.5. The van der Waals surface area contributed by atoms with E-state index in [9.17, 15) is 0 Å². The van der Waals surface area contributed by atoms with Gasteiger partial charge in [-0.2, -0.15) is 0 Å². The van der Waals surface area contributed by atoms with Gasteiger partial charge in [0.15, 0.2) is 0 Å². The molecule has 0 bridgehead atoms. The second-order valence-electron chi connectivity index (χ2n) is 4.47. The summed E-state index contributed by atoms with van der Waals surface area (Å²) in [6, 6.07) is 4.59. The van der Waals surface area contributed by atoms with Gasteiger partial charge < -0.3 is 5.73 Å². The third kappa shape index (κ3) is 2.55. The van der Waals surface area contributed by atoms with Crippen LogP contribution >= 0.6 is 11.3 Å². The number of rotatable bonds is 2. The molecule has 0 aliphatic carbocycles. The van der Waals surface area contributed by atoms with Crippen LogP contribution in [0, 0.1) is 0 Å². The second-order valence-corrected chi connectivity index (χ2v) is 5.58. The van der Waals surface area contributed by atoms with Gasteiger partial charge in [-0.15, -0.1) is 11.3 Å². The van der Waals surface area contributed by atoms with Crippen molar-refractivity contribution >= 4 is 11.3 Å². The van der Waals surface area contributed by atoms with Gasteiger partial charge >= 0.3 is 0 Å². The third-order valence-electron chi connectivity index (χ3n) is 2.17. The van der Waals surface area contributed by atoms with Crippen molar-refractivity contribution in [3.05, 3.63) is 21.9 Å². The fraction of sp³-hybridized carbons (Fsp3) is 0.636. The van der Waals surface area contributed by atoms with Gasteiger partial charge in [-0.3, -0.25) is 0 Å². The van der Waals surface area contributed by atoms with Gasteiger partial charge in [0.05, 0.1) is 0 Å². The first-order valence-corrected chi connectivity index (χ1v) is 5.62. The van der Waals surface area contributed by atoms with E-state index in [1.807, 2.05) is 11.3 Å². The van der Waals surface area contributed by atoms with E-state index in [1.54, 1.807) is 0 Å². The highest BCUT2D eigenvalue weighted by Gasteiger charge is 2.17. The lowest BCUT2D eigenvalue weighted by Crippen LogP contribution is -2.08. The summed E-state index contributed by atoms with van der Waals surface area (Å²) in [5.41, 5.74) is 6.22. The lowest BCUT2D eigenvalue weighted by atomic mass is 9.95. The molecule has 1 rings (SSSR count). The minimum Gasteiger partial charge on any atom is -0.323 e. The first-order valence-electron chi connectivity index (χ1n) is 4.81. The van der Waals surface area contributed by atoms with Gasteiger partial charge in [0.25, 0.3) is 0 Å². The van der Waals surface area contributed by atoms with Crippen molar-refractivity contribution in [2.45, 2.75) is 45.6 Å². The summed E-state index contributed by atoms with van der Waals surface area (Å²) >= 11 is 1.85. The topological polar surface area (TPSA) is 26.0 Å².